The molecule has 0 fully saturated rings. The Labute approximate surface area is 134 Å². The van der Waals surface area contributed by atoms with Crippen LogP contribution in [-0.2, 0) is 0 Å². The molecular formula is C17H19BrOS. The SMILES string of the molecule is Cc1cc(OCC(CS)c2ccccc2)cc(C)c1Br. The van der Waals surface area contributed by atoms with Crippen molar-refractivity contribution in [2.45, 2.75) is 19.8 Å². The van der Waals surface area contributed by atoms with Crippen molar-refractivity contribution in [2.75, 3.05) is 12.4 Å². The van der Waals surface area contributed by atoms with E-state index in [0.29, 0.717) is 12.5 Å². The second-order valence-electron chi connectivity index (χ2n) is 4.97. The van der Waals surface area contributed by atoms with E-state index in [4.69, 9.17) is 4.74 Å². The van der Waals surface area contributed by atoms with E-state index < -0.39 is 0 Å². The number of rotatable bonds is 5. The number of hydrogen-bond donors (Lipinski definition) is 1. The Morgan fingerprint density at radius 2 is 1.70 bits per heavy atom. The highest BCUT2D eigenvalue weighted by Gasteiger charge is 2.11. The summed E-state index contributed by atoms with van der Waals surface area (Å²) in [6.07, 6.45) is 0. The van der Waals surface area contributed by atoms with Crippen LogP contribution < -0.4 is 4.74 Å². The normalized spacial score (nSPS) is 12.2. The minimum absolute atomic E-state index is 0.309. The zero-order chi connectivity index (χ0) is 14.5. The van der Waals surface area contributed by atoms with E-state index in [-0.39, 0.29) is 0 Å². The summed E-state index contributed by atoms with van der Waals surface area (Å²) in [7, 11) is 0. The van der Waals surface area contributed by atoms with Gasteiger partial charge in [-0.2, -0.15) is 12.6 Å². The molecule has 0 saturated heterocycles. The van der Waals surface area contributed by atoms with Crippen LogP contribution in [0, 0.1) is 13.8 Å². The number of halogens is 1. The van der Waals surface area contributed by atoms with Crippen molar-refractivity contribution >= 4 is 28.6 Å². The number of benzene rings is 2. The summed E-state index contributed by atoms with van der Waals surface area (Å²) in [5, 5.41) is 0. The molecule has 20 heavy (non-hydrogen) atoms. The van der Waals surface area contributed by atoms with Gasteiger partial charge in [0.2, 0.25) is 0 Å². The molecule has 3 heteroatoms. The first-order valence-corrected chi connectivity index (χ1v) is 8.09. The van der Waals surface area contributed by atoms with E-state index >= 15 is 0 Å². The molecule has 0 aromatic heterocycles. The Morgan fingerprint density at radius 1 is 1.10 bits per heavy atom. The molecule has 0 aliphatic heterocycles. The van der Waals surface area contributed by atoms with E-state index in [0.717, 1.165) is 16.0 Å². The highest BCUT2D eigenvalue weighted by Crippen LogP contribution is 2.27. The van der Waals surface area contributed by atoms with Gasteiger partial charge < -0.3 is 4.74 Å². The van der Waals surface area contributed by atoms with E-state index in [1.165, 1.54) is 16.7 Å². The van der Waals surface area contributed by atoms with Crippen LogP contribution in [0.15, 0.2) is 46.9 Å². The van der Waals surface area contributed by atoms with Gasteiger partial charge in [0.05, 0.1) is 6.61 Å². The summed E-state index contributed by atoms with van der Waals surface area (Å²) in [5.74, 6) is 2.01. The molecule has 2 rings (SSSR count). The summed E-state index contributed by atoms with van der Waals surface area (Å²) < 4.78 is 7.11. The van der Waals surface area contributed by atoms with Crippen LogP contribution in [0.3, 0.4) is 0 Å². The Hall–Kier alpha value is -0.930. The van der Waals surface area contributed by atoms with Gasteiger partial charge in [-0.1, -0.05) is 46.3 Å². The lowest BCUT2D eigenvalue weighted by atomic mass is 10.0. The Morgan fingerprint density at radius 3 is 2.25 bits per heavy atom. The number of thiol groups is 1. The van der Waals surface area contributed by atoms with Crippen LogP contribution in [-0.4, -0.2) is 12.4 Å². The second-order valence-corrected chi connectivity index (χ2v) is 6.13. The molecule has 0 aliphatic rings. The summed E-state index contributed by atoms with van der Waals surface area (Å²) in [6.45, 7) is 4.81. The molecule has 2 aromatic rings. The van der Waals surface area contributed by atoms with E-state index in [2.05, 4.69) is 78.8 Å². The fourth-order valence-corrected chi connectivity index (χ4v) is 2.71. The zero-order valence-corrected chi connectivity index (χ0v) is 14.2. The smallest absolute Gasteiger partial charge is 0.119 e. The maximum atomic E-state index is 5.96. The summed E-state index contributed by atoms with van der Waals surface area (Å²) >= 11 is 8.02. The summed E-state index contributed by atoms with van der Waals surface area (Å²) in [6, 6.07) is 14.5. The number of ether oxygens (including phenoxy) is 1. The lowest BCUT2D eigenvalue weighted by molar-refractivity contribution is 0.297. The van der Waals surface area contributed by atoms with Crippen LogP contribution in [0.5, 0.6) is 5.75 Å². The molecule has 0 spiro atoms. The average molecular weight is 351 g/mol. The van der Waals surface area contributed by atoms with E-state index in [1.54, 1.807) is 0 Å². The molecule has 106 valence electrons. The predicted octanol–water partition coefficient (Wildman–Crippen LogP) is 5.16. The Bertz CT molecular complexity index is 545. The average Bonchev–Trinajstić information content (AvgIpc) is 2.46. The maximum absolute atomic E-state index is 5.96. The van der Waals surface area contributed by atoms with Crippen LogP contribution in [0.1, 0.15) is 22.6 Å². The van der Waals surface area contributed by atoms with Crippen molar-refractivity contribution in [1.29, 1.82) is 0 Å². The highest BCUT2D eigenvalue weighted by atomic mass is 79.9. The third kappa shape index (κ3) is 3.80. The second kappa shape index (κ2) is 7.19. The molecule has 2 aromatic carbocycles. The first-order valence-electron chi connectivity index (χ1n) is 6.67. The van der Waals surface area contributed by atoms with Crippen molar-refractivity contribution in [3.05, 3.63) is 63.6 Å². The van der Waals surface area contributed by atoms with E-state index in [9.17, 15) is 0 Å². The highest BCUT2D eigenvalue weighted by molar-refractivity contribution is 9.10. The standard InChI is InChI=1S/C17H19BrOS/c1-12-8-16(9-13(2)17(12)18)19-10-15(11-20)14-6-4-3-5-7-14/h3-9,15,20H,10-11H2,1-2H3. The molecule has 0 aliphatic carbocycles. The lowest BCUT2D eigenvalue weighted by Crippen LogP contribution is -2.12. The lowest BCUT2D eigenvalue weighted by Gasteiger charge is -2.17. The van der Waals surface area contributed by atoms with Gasteiger partial charge in [0.15, 0.2) is 0 Å². The topological polar surface area (TPSA) is 9.23 Å². The molecule has 1 nitrogen and oxygen atoms in total. The molecule has 0 amide bonds. The van der Waals surface area contributed by atoms with E-state index in [1.807, 2.05) is 6.07 Å². The first kappa shape index (κ1) is 15.5. The van der Waals surface area contributed by atoms with Gasteiger partial charge in [-0.3, -0.25) is 0 Å². The van der Waals surface area contributed by atoms with Gasteiger partial charge in [-0.25, -0.2) is 0 Å². The van der Waals surface area contributed by atoms with Crippen molar-refractivity contribution in [3.63, 3.8) is 0 Å². The summed E-state index contributed by atoms with van der Waals surface area (Å²) in [5.41, 5.74) is 3.66. The van der Waals surface area contributed by atoms with Crippen LogP contribution >= 0.6 is 28.6 Å². The van der Waals surface area contributed by atoms with Crippen molar-refractivity contribution in [3.8, 4) is 5.75 Å². The van der Waals surface area contributed by atoms with Gasteiger partial charge >= 0.3 is 0 Å². The van der Waals surface area contributed by atoms with Gasteiger partial charge in [0, 0.05) is 16.1 Å². The summed E-state index contributed by atoms with van der Waals surface area (Å²) in [4.78, 5) is 0. The minimum Gasteiger partial charge on any atom is -0.493 e. The molecule has 1 atom stereocenters. The third-order valence-corrected chi connectivity index (χ3v) is 5.04. The minimum atomic E-state index is 0.309. The molecule has 0 bridgehead atoms. The van der Waals surface area contributed by atoms with Crippen LogP contribution in [0.4, 0.5) is 0 Å². The molecule has 0 saturated carbocycles. The molecule has 1 unspecified atom stereocenters. The number of aryl methyl sites for hydroxylation is 2. The largest absolute Gasteiger partial charge is 0.493 e. The quantitative estimate of drug-likeness (QED) is 0.732. The van der Waals surface area contributed by atoms with Crippen molar-refractivity contribution in [2.24, 2.45) is 0 Å². The van der Waals surface area contributed by atoms with Crippen molar-refractivity contribution in [1.82, 2.24) is 0 Å². The molecule has 0 N–H and O–H groups in total. The van der Waals surface area contributed by atoms with Gasteiger partial charge in [0.25, 0.3) is 0 Å². The van der Waals surface area contributed by atoms with Crippen molar-refractivity contribution < 1.29 is 4.74 Å². The maximum Gasteiger partial charge on any atom is 0.119 e. The first-order chi connectivity index (χ1) is 9.61. The fourth-order valence-electron chi connectivity index (χ4n) is 2.17. The monoisotopic (exact) mass is 350 g/mol. The zero-order valence-electron chi connectivity index (χ0n) is 11.8. The van der Waals surface area contributed by atoms with Gasteiger partial charge in [-0.15, -0.1) is 0 Å². The Balaban J connectivity index is 2.07. The van der Waals surface area contributed by atoms with Gasteiger partial charge in [-0.05, 0) is 42.7 Å². The number of hydrogen-bond acceptors (Lipinski definition) is 2. The van der Waals surface area contributed by atoms with Gasteiger partial charge in [0.1, 0.15) is 5.75 Å². The Kier molecular flexibility index (Phi) is 5.55. The third-order valence-electron chi connectivity index (χ3n) is 3.35. The molecule has 0 radical (unpaired) electrons. The van der Waals surface area contributed by atoms with Crippen LogP contribution in [0.2, 0.25) is 0 Å². The predicted molar refractivity (Wildman–Crippen MR) is 92.1 cm³/mol. The van der Waals surface area contributed by atoms with Crippen LogP contribution in [0.25, 0.3) is 0 Å². The molecule has 0 heterocycles. The fraction of sp³-hybridized carbons (Fsp3) is 0.294. The molecular weight excluding hydrogens is 332 g/mol.